The van der Waals surface area contributed by atoms with Gasteiger partial charge in [-0.25, -0.2) is 9.18 Å². The standard InChI is InChI=1S/C15H18FN3O3/c1-10-5-6-11(16)8-12(10)17-13(20)4-3-7-19-14(21)9-18(2)15(19)22/h5-6,8H,3-4,7,9H2,1-2H3,(H,17,20). The lowest BCUT2D eigenvalue weighted by Crippen LogP contribution is -2.32. The predicted molar refractivity (Wildman–Crippen MR) is 78.7 cm³/mol. The molecule has 0 aromatic heterocycles. The van der Waals surface area contributed by atoms with Crippen molar-refractivity contribution in [3.05, 3.63) is 29.6 Å². The van der Waals surface area contributed by atoms with Crippen LogP contribution >= 0.6 is 0 Å². The molecule has 6 nitrogen and oxygen atoms in total. The van der Waals surface area contributed by atoms with Gasteiger partial charge in [0.1, 0.15) is 12.4 Å². The smallest absolute Gasteiger partial charge is 0.326 e. The van der Waals surface area contributed by atoms with Gasteiger partial charge in [0, 0.05) is 25.7 Å². The highest BCUT2D eigenvalue weighted by atomic mass is 19.1. The molecule has 1 saturated heterocycles. The van der Waals surface area contributed by atoms with Crippen molar-refractivity contribution in [3.8, 4) is 0 Å². The molecule has 0 spiro atoms. The van der Waals surface area contributed by atoms with E-state index in [1.807, 2.05) is 0 Å². The van der Waals surface area contributed by atoms with E-state index in [2.05, 4.69) is 5.32 Å². The Hall–Kier alpha value is -2.44. The highest BCUT2D eigenvalue weighted by molar-refractivity contribution is 6.01. The van der Waals surface area contributed by atoms with Crippen LogP contribution in [0.15, 0.2) is 18.2 Å². The summed E-state index contributed by atoms with van der Waals surface area (Å²) in [6.45, 7) is 2.05. The van der Waals surface area contributed by atoms with E-state index in [-0.39, 0.29) is 37.4 Å². The Morgan fingerprint density at radius 2 is 2.09 bits per heavy atom. The van der Waals surface area contributed by atoms with Crippen molar-refractivity contribution in [3.63, 3.8) is 0 Å². The van der Waals surface area contributed by atoms with Crippen LogP contribution in [0, 0.1) is 12.7 Å². The molecular weight excluding hydrogens is 289 g/mol. The number of carbonyl (C=O) groups is 3. The van der Waals surface area contributed by atoms with Crippen molar-refractivity contribution in [2.24, 2.45) is 0 Å². The summed E-state index contributed by atoms with van der Waals surface area (Å²) in [5.41, 5.74) is 1.19. The number of aryl methyl sites for hydroxylation is 1. The maximum absolute atomic E-state index is 13.1. The summed E-state index contributed by atoms with van der Waals surface area (Å²) in [7, 11) is 1.56. The van der Waals surface area contributed by atoms with Gasteiger partial charge in [-0.1, -0.05) is 6.07 Å². The zero-order valence-electron chi connectivity index (χ0n) is 12.6. The molecule has 1 aliphatic heterocycles. The quantitative estimate of drug-likeness (QED) is 0.843. The third kappa shape index (κ3) is 3.60. The topological polar surface area (TPSA) is 69.7 Å². The van der Waals surface area contributed by atoms with E-state index < -0.39 is 5.82 Å². The lowest BCUT2D eigenvalue weighted by atomic mass is 10.2. The van der Waals surface area contributed by atoms with E-state index in [9.17, 15) is 18.8 Å². The van der Waals surface area contributed by atoms with Crippen LogP contribution in [0.1, 0.15) is 18.4 Å². The first-order chi connectivity index (χ1) is 10.4. The molecule has 0 atom stereocenters. The summed E-state index contributed by atoms with van der Waals surface area (Å²) in [4.78, 5) is 37.5. The van der Waals surface area contributed by atoms with Crippen molar-refractivity contribution in [2.75, 3.05) is 25.5 Å². The minimum atomic E-state index is -0.419. The minimum absolute atomic E-state index is 0.0769. The summed E-state index contributed by atoms with van der Waals surface area (Å²) in [5.74, 6) is -0.952. The molecule has 1 N–H and O–H groups in total. The Morgan fingerprint density at radius 1 is 1.36 bits per heavy atom. The van der Waals surface area contributed by atoms with Crippen LogP contribution in [0.5, 0.6) is 0 Å². The summed E-state index contributed by atoms with van der Waals surface area (Å²) >= 11 is 0. The average molecular weight is 307 g/mol. The maximum atomic E-state index is 13.1. The highest BCUT2D eigenvalue weighted by Gasteiger charge is 2.32. The number of halogens is 1. The summed E-state index contributed by atoms with van der Waals surface area (Å²) in [6.07, 6.45) is 0.516. The molecule has 1 fully saturated rings. The van der Waals surface area contributed by atoms with E-state index >= 15 is 0 Å². The fourth-order valence-electron chi connectivity index (χ4n) is 2.23. The lowest BCUT2D eigenvalue weighted by Gasteiger charge is -2.14. The fourth-order valence-corrected chi connectivity index (χ4v) is 2.23. The Kier molecular flexibility index (Phi) is 4.75. The van der Waals surface area contributed by atoms with Crippen LogP contribution in [0.25, 0.3) is 0 Å². The third-order valence-electron chi connectivity index (χ3n) is 3.49. The third-order valence-corrected chi connectivity index (χ3v) is 3.49. The molecular formula is C15H18FN3O3. The second-order valence-electron chi connectivity index (χ2n) is 5.29. The second-order valence-corrected chi connectivity index (χ2v) is 5.29. The monoisotopic (exact) mass is 307 g/mol. The largest absolute Gasteiger partial charge is 0.326 e. The van der Waals surface area contributed by atoms with Gasteiger partial charge in [0.05, 0.1) is 0 Å². The van der Waals surface area contributed by atoms with Crippen molar-refractivity contribution >= 4 is 23.5 Å². The number of imide groups is 1. The number of carbonyl (C=O) groups excluding carboxylic acids is 3. The summed E-state index contributed by atoms with van der Waals surface area (Å²) in [5, 5.41) is 2.63. The number of hydrogen-bond acceptors (Lipinski definition) is 3. The molecule has 22 heavy (non-hydrogen) atoms. The summed E-state index contributed by atoms with van der Waals surface area (Å²) < 4.78 is 13.1. The molecule has 2 rings (SSSR count). The Labute approximate surface area is 127 Å². The minimum Gasteiger partial charge on any atom is -0.326 e. The molecule has 7 heteroatoms. The Balaban J connectivity index is 1.82. The zero-order valence-corrected chi connectivity index (χ0v) is 12.6. The van der Waals surface area contributed by atoms with Crippen LogP contribution in [-0.4, -0.2) is 47.8 Å². The number of benzene rings is 1. The molecule has 1 aliphatic rings. The molecule has 4 amide bonds. The van der Waals surface area contributed by atoms with Gasteiger partial charge in [0.25, 0.3) is 0 Å². The van der Waals surface area contributed by atoms with Gasteiger partial charge in [-0.2, -0.15) is 0 Å². The van der Waals surface area contributed by atoms with Crippen LogP contribution in [-0.2, 0) is 9.59 Å². The van der Waals surface area contributed by atoms with Gasteiger partial charge in [0.15, 0.2) is 0 Å². The average Bonchev–Trinajstić information content (AvgIpc) is 2.69. The molecule has 0 radical (unpaired) electrons. The van der Waals surface area contributed by atoms with Crippen molar-refractivity contribution in [1.82, 2.24) is 9.80 Å². The molecule has 1 aromatic carbocycles. The number of anilines is 1. The first-order valence-electron chi connectivity index (χ1n) is 7.00. The molecule has 0 saturated carbocycles. The number of hydrogen-bond donors (Lipinski definition) is 1. The van der Waals surface area contributed by atoms with Crippen LogP contribution in [0.4, 0.5) is 14.9 Å². The number of urea groups is 1. The molecule has 0 unspecified atom stereocenters. The lowest BCUT2D eigenvalue weighted by molar-refractivity contribution is -0.125. The Morgan fingerprint density at radius 3 is 2.73 bits per heavy atom. The number of amides is 4. The molecule has 0 aliphatic carbocycles. The molecule has 118 valence electrons. The van der Waals surface area contributed by atoms with Gasteiger partial charge in [-0.15, -0.1) is 0 Å². The molecule has 1 heterocycles. The van der Waals surface area contributed by atoms with Gasteiger partial charge < -0.3 is 10.2 Å². The van der Waals surface area contributed by atoms with E-state index in [0.29, 0.717) is 12.1 Å². The number of likely N-dealkylation sites (N-methyl/N-ethyl adjacent to an activating group) is 1. The number of nitrogens with zero attached hydrogens (tertiary/aromatic N) is 2. The maximum Gasteiger partial charge on any atom is 0.326 e. The van der Waals surface area contributed by atoms with E-state index in [1.165, 1.54) is 17.0 Å². The van der Waals surface area contributed by atoms with E-state index in [1.54, 1.807) is 20.0 Å². The summed E-state index contributed by atoms with van der Waals surface area (Å²) in [6, 6.07) is 3.83. The fraction of sp³-hybridized carbons (Fsp3) is 0.400. The molecule has 1 aromatic rings. The van der Waals surface area contributed by atoms with Gasteiger partial charge in [0.2, 0.25) is 11.8 Å². The second kappa shape index (κ2) is 6.55. The van der Waals surface area contributed by atoms with Gasteiger partial charge in [-0.05, 0) is 31.0 Å². The van der Waals surface area contributed by atoms with Crippen molar-refractivity contribution in [2.45, 2.75) is 19.8 Å². The predicted octanol–water partition coefficient (Wildman–Crippen LogP) is 1.75. The normalized spacial score (nSPS) is 14.7. The van der Waals surface area contributed by atoms with Gasteiger partial charge in [-0.3, -0.25) is 14.5 Å². The van der Waals surface area contributed by atoms with Crippen LogP contribution in [0.2, 0.25) is 0 Å². The van der Waals surface area contributed by atoms with Crippen LogP contribution in [0.3, 0.4) is 0 Å². The van der Waals surface area contributed by atoms with Crippen LogP contribution < -0.4 is 5.32 Å². The molecule has 0 bridgehead atoms. The van der Waals surface area contributed by atoms with E-state index in [0.717, 1.165) is 10.5 Å². The highest BCUT2D eigenvalue weighted by Crippen LogP contribution is 2.16. The number of nitrogens with one attached hydrogen (secondary N) is 1. The first kappa shape index (κ1) is 15.9. The van der Waals surface area contributed by atoms with E-state index in [4.69, 9.17) is 0 Å². The van der Waals surface area contributed by atoms with Crippen molar-refractivity contribution in [1.29, 1.82) is 0 Å². The number of rotatable bonds is 5. The van der Waals surface area contributed by atoms with Gasteiger partial charge >= 0.3 is 6.03 Å². The Bertz CT molecular complexity index is 618. The first-order valence-corrected chi connectivity index (χ1v) is 7.00. The SMILES string of the molecule is Cc1ccc(F)cc1NC(=O)CCCN1C(=O)CN(C)C1=O. The van der Waals surface area contributed by atoms with Crippen molar-refractivity contribution < 1.29 is 18.8 Å². The zero-order chi connectivity index (χ0) is 16.3.